The first kappa shape index (κ1) is 13.1. The molecule has 5 heteroatoms. The minimum absolute atomic E-state index is 0.0853. The molecule has 2 heterocycles. The van der Waals surface area contributed by atoms with Crippen LogP contribution in [0.4, 0.5) is 0 Å². The molecule has 1 aliphatic rings. The van der Waals surface area contributed by atoms with Gasteiger partial charge in [-0.2, -0.15) is 5.10 Å². The summed E-state index contributed by atoms with van der Waals surface area (Å²) in [4.78, 5) is 11.9. The van der Waals surface area contributed by atoms with Gasteiger partial charge in [0.15, 0.2) is 0 Å². The molecule has 0 bridgehead atoms. The van der Waals surface area contributed by atoms with Gasteiger partial charge in [0.05, 0.1) is 0 Å². The molecule has 2 rings (SSSR count). The lowest BCUT2D eigenvalue weighted by Crippen LogP contribution is -2.48. The fourth-order valence-electron chi connectivity index (χ4n) is 2.58. The molecule has 2 unspecified atom stereocenters. The molecule has 100 valence electrons. The maximum absolute atomic E-state index is 11.9. The van der Waals surface area contributed by atoms with E-state index >= 15 is 0 Å². The molecule has 2 N–H and O–H groups in total. The summed E-state index contributed by atoms with van der Waals surface area (Å²) in [6.07, 6.45) is 5.44. The summed E-state index contributed by atoms with van der Waals surface area (Å²) in [5, 5.41) is 10.6. The van der Waals surface area contributed by atoms with Crippen molar-refractivity contribution in [3.63, 3.8) is 0 Å². The minimum atomic E-state index is -0.0853. The van der Waals surface area contributed by atoms with Crippen LogP contribution < -0.4 is 10.6 Å². The molecule has 5 nitrogen and oxygen atoms in total. The highest BCUT2D eigenvalue weighted by Gasteiger charge is 2.23. The smallest absolute Gasteiger partial charge is 0.271 e. The van der Waals surface area contributed by atoms with Gasteiger partial charge in [-0.05, 0) is 31.4 Å². The molecule has 0 saturated carbocycles. The van der Waals surface area contributed by atoms with Crippen LogP contribution in [0.15, 0.2) is 12.3 Å². The van der Waals surface area contributed by atoms with Crippen LogP contribution in [0.5, 0.6) is 0 Å². The highest BCUT2D eigenvalue weighted by Crippen LogP contribution is 2.19. The van der Waals surface area contributed by atoms with Gasteiger partial charge in [0.25, 0.3) is 5.91 Å². The van der Waals surface area contributed by atoms with Crippen molar-refractivity contribution >= 4 is 5.91 Å². The third-order valence-electron chi connectivity index (χ3n) is 3.68. The van der Waals surface area contributed by atoms with E-state index in [4.69, 9.17) is 0 Å². The molecule has 1 aliphatic heterocycles. The zero-order valence-electron chi connectivity index (χ0n) is 11.1. The molecule has 0 aromatic carbocycles. The molecule has 1 aromatic rings. The van der Waals surface area contributed by atoms with E-state index in [1.807, 2.05) is 7.05 Å². The maximum Gasteiger partial charge on any atom is 0.271 e. The Hall–Kier alpha value is -1.36. The van der Waals surface area contributed by atoms with Crippen LogP contribution in [0, 0.1) is 5.92 Å². The van der Waals surface area contributed by atoms with Gasteiger partial charge in [-0.1, -0.05) is 13.3 Å². The predicted octanol–water partition coefficient (Wildman–Crippen LogP) is 0.928. The van der Waals surface area contributed by atoms with Gasteiger partial charge >= 0.3 is 0 Å². The number of rotatable bonds is 4. The first-order valence-electron chi connectivity index (χ1n) is 6.72. The van der Waals surface area contributed by atoms with Crippen LogP contribution in [0.1, 0.15) is 36.7 Å². The topological polar surface area (TPSA) is 58.9 Å². The number of piperidine rings is 1. The number of aryl methyl sites for hydroxylation is 1. The van der Waals surface area contributed by atoms with Crippen LogP contribution in [-0.4, -0.2) is 34.8 Å². The van der Waals surface area contributed by atoms with E-state index in [1.54, 1.807) is 16.9 Å². The monoisotopic (exact) mass is 250 g/mol. The van der Waals surface area contributed by atoms with E-state index in [-0.39, 0.29) is 5.91 Å². The zero-order valence-corrected chi connectivity index (χ0v) is 11.1. The van der Waals surface area contributed by atoms with Gasteiger partial charge < -0.3 is 10.6 Å². The second kappa shape index (κ2) is 6.00. The largest absolute Gasteiger partial charge is 0.349 e. The van der Waals surface area contributed by atoms with Crippen molar-refractivity contribution in [2.75, 3.05) is 13.1 Å². The van der Waals surface area contributed by atoms with Crippen molar-refractivity contribution in [1.82, 2.24) is 20.4 Å². The van der Waals surface area contributed by atoms with Crippen molar-refractivity contribution in [1.29, 1.82) is 0 Å². The highest BCUT2D eigenvalue weighted by molar-refractivity contribution is 5.92. The Kier molecular flexibility index (Phi) is 4.36. The Morgan fingerprint density at radius 1 is 1.67 bits per heavy atom. The number of amides is 1. The van der Waals surface area contributed by atoms with E-state index in [9.17, 15) is 4.79 Å². The summed E-state index contributed by atoms with van der Waals surface area (Å²) < 4.78 is 1.64. The van der Waals surface area contributed by atoms with E-state index in [1.165, 1.54) is 12.8 Å². The molecular formula is C13H22N4O. The number of nitrogens with one attached hydrogen (secondary N) is 2. The fourth-order valence-corrected chi connectivity index (χ4v) is 2.58. The molecule has 0 aliphatic carbocycles. The second-order valence-corrected chi connectivity index (χ2v) is 4.96. The zero-order chi connectivity index (χ0) is 13.0. The van der Waals surface area contributed by atoms with Crippen molar-refractivity contribution in [3.8, 4) is 0 Å². The van der Waals surface area contributed by atoms with Gasteiger partial charge in [-0.15, -0.1) is 0 Å². The Labute approximate surface area is 108 Å². The van der Waals surface area contributed by atoms with Crippen molar-refractivity contribution in [2.45, 2.75) is 32.2 Å². The number of nitrogens with zero attached hydrogens (tertiary/aromatic N) is 2. The summed E-state index contributed by atoms with van der Waals surface area (Å²) in [6, 6.07) is 2.14. The predicted molar refractivity (Wildman–Crippen MR) is 70.3 cm³/mol. The van der Waals surface area contributed by atoms with Crippen LogP contribution >= 0.6 is 0 Å². The minimum Gasteiger partial charge on any atom is -0.349 e. The highest BCUT2D eigenvalue weighted by atomic mass is 16.1. The van der Waals surface area contributed by atoms with Gasteiger partial charge in [0, 0.05) is 25.8 Å². The van der Waals surface area contributed by atoms with Crippen LogP contribution in [0.2, 0.25) is 0 Å². The summed E-state index contributed by atoms with van der Waals surface area (Å²) >= 11 is 0. The first-order valence-corrected chi connectivity index (χ1v) is 6.72. The SMILES string of the molecule is CCC1CCCNC1CNC(=O)c1ccn(C)n1. The number of hydrogen-bond donors (Lipinski definition) is 2. The van der Waals surface area contributed by atoms with Crippen LogP contribution in [0.25, 0.3) is 0 Å². The number of carbonyl (C=O) groups excluding carboxylic acids is 1. The van der Waals surface area contributed by atoms with Gasteiger partial charge in [0.1, 0.15) is 5.69 Å². The first-order chi connectivity index (χ1) is 8.70. The molecule has 1 saturated heterocycles. The molecule has 1 aromatic heterocycles. The van der Waals surface area contributed by atoms with Gasteiger partial charge in [0.2, 0.25) is 0 Å². The third-order valence-corrected chi connectivity index (χ3v) is 3.68. The third kappa shape index (κ3) is 3.10. The molecular weight excluding hydrogens is 228 g/mol. The molecule has 0 spiro atoms. The fraction of sp³-hybridized carbons (Fsp3) is 0.692. The number of carbonyl (C=O) groups is 1. The molecule has 18 heavy (non-hydrogen) atoms. The number of hydrogen-bond acceptors (Lipinski definition) is 3. The summed E-state index contributed by atoms with van der Waals surface area (Å²) in [6.45, 7) is 3.96. The maximum atomic E-state index is 11.9. The standard InChI is InChI=1S/C13H22N4O/c1-3-10-5-4-7-14-12(10)9-15-13(18)11-6-8-17(2)16-11/h6,8,10,12,14H,3-5,7,9H2,1-2H3,(H,15,18). The Bertz CT molecular complexity index is 401. The van der Waals surface area contributed by atoms with Crippen molar-refractivity contribution < 1.29 is 4.79 Å². The summed E-state index contributed by atoms with van der Waals surface area (Å²) in [7, 11) is 1.81. The van der Waals surface area contributed by atoms with Gasteiger partial charge in [-0.3, -0.25) is 9.48 Å². The average Bonchev–Trinajstić information content (AvgIpc) is 2.83. The van der Waals surface area contributed by atoms with Crippen molar-refractivity contribution in [2.24, 2.45) is 13.0 Å². The summed E-state index contributed by atoms with van der Waals surface area (Å²) in [5.41, 5.74) is 0.487. The van der Waals surface area contributed by atoms with E-state index in [2.05, 4.69) is 22.7 Å². The molecule has 2 atom stereocenters. The molecule has 1 fully saturated rings. The quantitative estimate of drug-likeness (QED) is 0.835. The van der Waals surface area contributed by atoms with Crippen LogP contribution in [0.3, 0.4) is 0 Å². The number of aromatic nitrogens is 2. The van der Waals surface area contributed by atoms with Crippen molar-refractivity contribution in [3.05, 3.63) is 18.0 Å². The summed E-state index contributed by atoms with van der Waals surface area (Å²) in [5.74, 6) is 0.584. The van der Waals surface area contributed by atoms with E-state index < -0.39 is 0 Å². The second-order valence-electron chi connectivity index (χ2n) is 4.96. The Morgan fingerprint density at radius 3 is 3.17 bits per heavy atom. The van der Waals surface area contributed by atoms with Gasteiger partial charge in [-0.25, -0.2) is 0 Å². The molecule has 0 radical (unpaired) electrons. The Balaban J connectivity index is 1.85. The lowest BCUT2D eigenvalue weighted by atomic mass is 9.88. The molecule has 1 amide bonds. The van der Waals surface area contributed by atoms with Crippen LogP contribution in [-0.2, 0) is 7.05 Å². The average molecular weight is 250 g/mol. The normalized spacial score (nSPS) is 23.9. The lowest BCUT2D eigenvalue weighted by molar-refractivity contribution is 0.0936. The van der Waals surface area contributed by atoms with E-state index in [0.717, 1.165) is 13.0 Å². The van der Waals surface area contributed by atoms with E-state index in [0.29, 0.717) is 24.2 Å². The lowest BCUT2D eigenvalue weighted by Gasteiger charge is -2.32. The Morgan fingerprint density at radius 2 is 2.50 bits per heavy atom.